The molecule has 0 spiro atoms. The number of carbonyl (C=O) groups excluding carboxylic acids is 2. The van der Waals surface area contributed by atoms with Gasteiger partial charge in [-0.25, -0.2) is 8.42 Å². The van der Waals surface area contributed by atoms with Gasteiger partial charge in [0.15, 0.2) is 0 Å². The number of sulfonamides is 1. The summed E-state index contributed by atoms with van der Waals surface area (Å²) in [6.45, 7) is 4.99. The number of rotatable bonds is 9. The Bertz CT molecular complexity index is 1100. The molecule has 0 atom stereocenters. The van der Waals surface area contributed by atoms with E-state index in [1.807, 2.05) is 0 Å². The predicted molar refractivity (Wildman–Crippen MR) is 114 cm³/mol. The Labute approximate surface area is 184 Å². The Hall–Kier alpha value is -3.34. The van der Waals surface area contributed by atoms with Crippen LogP contribution in [0.15, 0.2) is 66.1 Å². The van der Waals surface area contributed by atoms with Crippen LogP contribution in [0.1, 0.15) is 22.8 Å². The average Bonchev–Trinajstić information content (AvgIpc) is 2.75. The zero-order valence-electron chi connectivity index (χ0n) is 17.1. The fraction of sp³-hybridized carbons (Fsp3) is 0.238. The molecule has 2 rings (SSSR count). The summed E-state index contributed by atoms with van der Waals surface area (Å²) in [5.41, 5.74) is -1.23. The van der Waals surface area contributed by atoms with Gasteiger partial charge in [0.25, 0.3) is 15.9 Å². The zero-order chi connectivity index (χ0) is 23.9. The van der Waals surface area contributed by atoms with Crippen molar-refractivity contribution in [3.8, 4) is 0 Å². The molecule has 0 aliphatic heterocycles. The summed E-state index contributed by atoms with van der Waals surface area (Å²) in [5.74, 6) is -1.09. The molecular formula is C21H22F3N3O4S. The number of hydrogen-bond acceptors (Lipinski definition) is 4. The van der Waals surface area contributed by atoms with Crippen LogP contribution in [0.2, 0.25) is 0 Å². The molecule has 0 heterocycles. The molecule has 0 saturated heterocycles. The third kappa shape index (κ3) is 6.10. The monoisotopic (exact) mass is 469 g/mol. The van der Waals surface area contributed by atoms with Gasteiger partial charge in [-0.1, -0.05) is 18.2 Å². The Kier molecular flexibility index (Phi) is 8.03. The lowest BCUT2D eigenvalue weighted by atomic mass is 10.2. The summed E-state index contributed by atoms with van der Waals surface area (Å²) in [7, 11) is -4.34. The van der Waals surface area contributed by atoms with E-state index < -0.39 is 33.6 Å². The van der Waals surface area contributed by atoms with Crippen LogP contribution in [0.5, 0.6) is 0 Å². The molecule has 0 unspecified atom stereocenters. The fourth-order valence-corrected chi connectivity index (χ4v) is 4.22. The molecule has 2 aromatic carbocycles. The minimum absolute atomic E-state index is 0.0297. The van der Waals surface area contributed by atoms with Gasteiger partial charge in [0.1, 0.15) is 0 Å². The van der Waals surface area contributed by atoms with E-state index in [1.54, 1.807) is 6.92 Å². The molecule has 11 heteroatoms. The van der Waals surface area contributed by atoms with E-state index in [2.05, 4.69) is 17.2 Å². The molecule has 2 amide bonds. The van der Waals surface area contributed by atoms with E-state index >= 15 is 0 Å². The number of likely N-dealkylation sites (N-methyl/N-ethyl adjacent to an activating group) is 1. The first-order chi connectivity index (χ1) is 15.0. The van der Waals surface area contributed by atoms with Gasteiger partial charge in [-0.2, -0.15) is 13.2 Å². The van der Waals surface area contributed by atoms with E-state index in [9.17, 15) is 31.2 Å². The van der Waals surface area contributed by atoms with Gasteiger partial charge in [0, 0.05) is 12.1 Å². The first kappa shape index (κ1) is 24.9. The van der Waals surface area contributed by atoms with Gasteiger partial charge in [0.2, 0.25) is 5.91 Å². The average molecular weight is 469 g/mol. The maximum atomic E-state index is 13.2. The summed E-state index contributed by atoms with van der Waals surface area (Å²) in [4.78, 5) is 23.5. The third-order valence-corrected chi connectivity index (χ3v) is 6.01. The Balaban J connectivity index is 2.38. The second-order valence-electron chi connectivity index (χ2n) is 6.54. The van der Waals surface area contributed by atoms with Gasteiger partial charge < -0.3 is 10.6 Å². The minimum atomic E-state index is -4.65. The molecule has 172 valence electrons. The van der Waals surface area contributed by atoms with Gasteiger partial charge in [0.05, 0.1) is 29.2 Å². The van der Waals surface area contributed by atoms with E-state index in [0.717, 1.165) is 28.6 Å². The molecule has 0 aliphatic carbocycles. The molecule has 0 radical (unpaired) electrons. The number of nitrogens with zero attached hydrogens (tertiary/aromatic N) is 1. The first-order valence-electron chi connectivity index (χ1n) is 9.46. The summed E-state index contributed by atoms with van der Waals surface area (Å²) >= 11 is 0. The number of anilines is 1. The van der Waals surface area contributed by atoms with Gasteiger partial charge in [-0.05, 0) is 43.3 Å². The van der Waals surface area contributed by atoms with Crippen molar-refractivity contribution in [1.82, 2.24) is 10.6 Å². The van der Waals surface area contributed by atoms with Crippen molar-refractivity contribution in [3.63, 3.8) is 0 Å². The minimum Gasteiger partial charge on any atom is -0.355 e. The normalized spacial score (nSPS) is 11.5. The lowest BCUT2D eigenvalue weighted by Gasteiger charge is -2.24. The first-order valence-corrected chi connectivity index (χ1v) is 10.9. The Morgan fingerprint density at radius 3 is 2.41 bits per heavy atom. The molecule has 0 aromatic heterocycles. The molecule has 0 bridgehead atoms. The summed E-state index contributed by atoms with van der Waals surface area (Å²) in [6, 6.07) is 8.89. The van der Waals surface area contributed by atoms with E-state index in [1.165, 1.54) is 30.3 Å². The van der Waals surface area contributed by atoms with Gasteiger partial charge in [-0.15, -0.1) is 6.58 Å². The lowest BCUT2D eigenvalue weighted by molar-refractivity contribution is -0.137. The van der Waals surface area contributed by atoms with E-state index in [-0.39, 0.29) is 29.2 Å². The van der Waals surface area contributed by atoms with Crippen LogP contribution >= 0.6 is 0 Å². The van der Waals surface area contributed by atoms with Crippen molar-refractivity contribution in [2.75, 3.05) is 23.9 Å². The Morgan fingerprint density at radius 2 is 1.78 bits per heavy atom. The van der Waals surface area contributed by atoms with Crippen LogP contribution in [0.25, 0.3) is 0 Å². The third-order valence-electron chi connectivity index (χ3n) is 4.22. The SMILES string of the molecule is C=CCN(c1cccc(C(F)(F)F)c1)S(=O)(=O)c1cccc(C(=O)NCC(=O)NCC)c1. The number of carbonyl (C=O) groups is 2. The maximum Gasteiger partial charge on any atom is 0.416 e. The summed E-state index contributed by atoms with van der Waals surface area (Å²) in [5, 5.41) is 4.88. The van der Waals surface area contributed by atoms with Crippen LogP contribution in [-0.2, 0) is 21.0 Å². The second kappa shape index (κ2) is 10.3. The van der Waals surface area contributed by atoms with Crippen molar-refractivity contribution in [2.24, 2.45) is 0 Å². The van der Waals surface area contributed by atoms with Crippen molar-refractivity contribution in [2.45, 2.75) is 18.0 Å². The zero-order valence-corrected chi connectivity index (χ0v) is 18.0. The highest BCUT2D eigenvalue weighted by molar-refractivity contribution is 7.92. The summed E-state index contributed by atoms with van der Waals surface area (Å²) in [6.07, 6.45) is -3.41. The number of halogens is 3. The highest BCUT2D eigenvalue weighted by Crippen LogP contribution is 2.33. The topological polar surface area (TPSA) is 95.6 Å². The standard InChI is InChI=1S/C21H22F3N3O4S/c1-3-11-27(17-9-6-8-16(13-17)21(22,23)24)32(30,31)18-10-5-7-15(12-18)20(29)26-14-19(28)25-4-2/h3,5-10,12-13H,1,4,11,14H2,2H3,(H,25,28)(H,26,29). The largest absolute Gasteiger partial charge is 0.416 e. The number of nitrogens with one attached hydrogen (secondary N) is 2. The van der Waals surface area contributed by atoms with Crippen LogP contribution in [0.3, 0.4) is 0 Å². The molecular weight excluding hydrogens is 447 g/mol. The quantitative estimate of drug-likeness (QED) is 0.552. The maximum absolute atomic E-state index is 13.2. The van der Waals surface area contributed by atoms with Crippen LogP contribution in [-0.4, -0.2) is 39.9 Å². The number of alkyl halides is 3. The van der Waals surface area contributed by atoms with Crippen molar-refractivity contribution >= 4 is 27.5 Å². The van der Waals surface area contributed by atoms with Crippen molar-refractivity contribution in [1.29, 1.82) is 0 Å². The highest BCUT2D eigenvalue weighted by atomic mass is 32.2. The van der Waals surface area contributed by atoms with Gasteiger partial charge >= 0.3 is 6.18 Å². The number of hydrogen-bond donors (Lipinski definition) is 2. The van der Waals surface area contributed by atoms with Crippen LogP contribution in [0, 0.1) is 0 Å². The molecule has 0 fully saturated rings. The van der Waals surface area contributed by atoms with Gasteiger partial charge in [-0.3, -0.25) is 13.9 Å². The molecule has 2 N–H and O–H groups in total. The molecule has 0 saturated carbocycles. The molecule has 7 nitrogen and oxygen atoms in total. The molecule has 32 heavy (non-hydrogen) atoms. The predicted octanol–water partition coefficient (Wildman–Crippen LogP) is 2.95. The van der Waals surface area contributed by atoms with Crippen molar-refractivity contribution < 1.29 is 31.2 Å². The molecule has 2 aromatic rings. The Morgan fingerprint density at radius 1 is 1.09 bits per heavy atom. The van der Waals surface area contributed by atoms with E-state index in [4.69, 9.17) is 0 Å². The van der Waals surface area contributed by atoms with Crippen LogP contribution in [0.4, 0.5) is 18.9 Å². The van der Waals surface area contributed by atoms with Crippen LogP contribution < -0.4 is 14.9 Å². The number of amides is 2. The summed E-state index contributed by atoms with van der Waals surface area (Å²) < 4.78 is 66.5. The van der Waals surface area contributed by atoms with E-state index in [0.29, 0.717) is 6.54 Å². The fourth-order valence-electron chi connectivity index (χ4n) is 2.74. The molecule has 0 aliphatic rings. The second-order valence-corrected chi connectivity index (χ2v) is 8.40. The highest BCUT2D eigenvalue weighted by Gasteiger charge is 2.32. The lowest BCUT2D eigenvalue weighted by Crippen LogP contribution is -2.37. The van der Waals surface area contributed by atoms with Crippen molar-refractivity contribution in [3.05, 3.63) is 72.3 Å². The smallest absolute Gasteiger partial charge is 0.355 e. The number of benzene rings is 2.